The Bertz CT molecular complexity index is 1010. The van der Waals surface area contributed by atoms with Gasteiger partial charge in [0.05, 0.1) is 26.0 Å². The summed E-state index contributed by atoms with van der Waals surface area (Å²) in [5, 5.41) is 10.3. The molecule has 1 heterocycles. The number of nitrogens with zero attached hydrogens (tertiary/aromatic N) is 1. The largest absolute Gasteiger partial charge is 0.497 e. The van der Waals surface area contributed by atoms with E-state index in [1.807, 2.05) is 12.1 Å². The van der Waals surface area contributed by atoms with Crippen LogP contribution in [0.2, 0.25) is 0 Å². The third-order valence-electron chi connectivity index (χ3n) is 7.46. The predicted molar refractivity (Wildman–Crippen MR) is 141 cm³/mol. The first kappa shape index (κ1) is 26.1. The minimum absolute atomic E-state index is 0.149. The molecule has 0 radical (unpaired) electrons. The molecule has 35 heavy (non-hydrogen) atoms. The summed E-state index contributed by atoms with van der Waals surface area (Å²) in [4.78, 5) is 12.1. The normalized spacial score (nSPS) is 23.4. The molecule has 1 aliphatic carbocycles. The lowest BCUT2D eigenvalue weighted by Gasteiger charge is -2.35. The highest BCUT2D eigenvalue weighted by Gasteiger charge is 2.27. The molecule has 2 aromatic rings. The van der Waals surface area contributed by atoms with Crippen molar-refractivity contribution in [2.24, 2.45) is 5.92 Å². The third kappa shape index (κ3) is 7.25. The Labute approximate surface area is 209 Å². The van der Waals surface area contributed by atoms with Crippen LogP contribution in [0, 0.1) is 5.92 Å². The van der Waals surface area contributed by atoms with E-state index < -0.39 is 13.5 Å². The maximum absolute atomic E-state index is 11.6. The number of ether oxygens (including phenoxy) is 2. The van der Waals surface area contributed by atoms with Gasteiger partial charge in [-0.1, -0.05) is 12.1 Å². The van der Waals surface area contributed by atoms with Crippen LogP contribution in [0.5, 0.6) is 11.5 Å². The van der Waals surface area contributed by atoms with Crippen LogP contribution in [0.4, 0.5) is 5.69 Å². The molecule has 2 fully saturated rings. The molecule has 1 aliphatic heterocycles. The average molecular weight is 502 g/mol. The van der Waals surface area contributed by atoms with Gasteiger partial charge in [-0.15, -0.1) is 0 Å². The zero-order valence-corrected chi connectivity index (χ0v) is 22.0. The third-order valence-corrected chi connectivity index (χ3v) is 8.48. The van der Waals surface area contributed by atoms with Gasteiger partial charge in [0, 0.05) is 25.4 Å². The lowest BCUT2D eigenvalue weighted by molar-refractivity contribution is 0.191. The van der Waals surface area contributed by atoms with Crippen molar-refractivity contribution in [2.45, 2.75) is 57.0 Å². The molecule has 6 nitrogen and oxygen atoms in total. The molecule has 4 rings (SSSR count). The van der Waals surface area contributed by atoms with Crippen LogP contribution in [-0.2, 0) is 4.57 Å². The van der Waals surface area contributed by atoms with E-state index in [-0.39, 0.29) is 6.16 Å². The summed E-state index contributed by atoms with van der Waals surface area (Å²) in [6.07, 6.45) is 7.27. The first-order chi connectivity index (χ1) is 16.8. The van der Waals surface area contributed by atoms with Crippen molar-refractivity contribution in [3.8, 4) is 11.5 Å². The lowest BCUT2D eigenvalue weighted by Crippen LogP contribution is -2.31. The van der Waals surface area contributed by atoms with Gasteiger partial charge >= 0.3 is 0 Å². The molecule has 2 N–H and O–H groups in total. The fourth-order valence-electron chi connectivity index (χ4n) is 5.50. The SMILES string of the molecule is COc1ccc(N2CCCCC2)c(C2CCC(COc3cccc([C@H](O)CP(C)(=O)O)c3)CC2)c1. The molecule has 192 valence electrons. The van der Waals surface area contributed by atoms with E-state index in [0.717, 1.165) is 44.5 Å². The van der Waals surface area contributed by atoms with Crippen molar-refractivity contribution in [1.82, 2.24) is 0 Å². The first-order valence-electron chi connectivity index (χ1n) is 13.0. The Balaban J connectivity index is 1.34. The van der Waals surface area contributed by atoms with Crippen molar-refractivity contribution in [3.63, 3.8) is 0 Å². The standard InChI is InChI=1S/C28H40NO5P/c1-33-24-13-14-27(29-15-4-3-5-16-29)26(18-24)22-11-9-21(10-12-22)19-34-25-8-6-7-23(17-25)28(30)20-35(2,31)32/h6-8,13-14,17-18,21-22,28,30H,3-5,9-12,15-16,19-20H2,1-2H3,(H,31,32)/t21?,22?,28-/m1/s1. The number of piperidine rings is 1. The molecule has 2 atom stereocenters. The van der Waals surface area contributed by atoms with Gasteiger partial charge in [0.1, 0.15) is 11.5 Å². The number of rotatable bonds is 9. The number of anilines is 1. The van der Waals surface area contributed by atoms with Crippen LogP contribution in [0.15, 0.2) is 42.5 Å². The Kier molecular flexibility index (Phi) is 8.80. The van der Waals surface area contributed by atoms with Gasteiger partial charge in [0.25, 0.3) is 0 Å². The monoisotopic (exact) mass is 501 g/mol. The van der Waals surface area contributed by atoms with E-state index >= 15 is 0 Å². The van der Waals surface area contributed by atoms with Crippen molar-refractivity contribution < 1.29 is 24.0 Å². The van der Waals surface area contributed by atoms with Gasteiger partial charge in [0.2, 0.25) is 7.37 Å². The van der Waals surface area contributed by atoms with Crippen molar-refractivity contribution >= 4 is 13.1 Å². The van der Waals surface area contributed by atoms with Crippen molar-refractivity contribution in [1.29, 1.82) is 0 Å². The second-order valence-corrected chi connectivity index (χ2v) is 12.8. The van der Waals surface area contributed by atoms with Crippen LogP contribution in [0.1, 0.15) is 68.1 Å². The average Bonchev–Trinajstić information content (AvgIpc) is 2.87. The van der Waals surface area contributed by atoms with E-state index in [9.17, 15) is 14.6 Å². The molecular formula is C28H40NO5P. The molecule has 1 saturated heterocycles. The molecule has 0 amide bonds. The molecule has 1 saturated carbocycles. The van der Waals surface area contributed by atoms with Crippen LogP contribution in [-0.4, -0.2) is 49.6 Å². The minimum atomic E-state index is -3.29. The van der Waals surface area contributed by atoms with Crippen molar-refractivity contribution in [2.75, 3.05) is 44.5 Å². The molecule has 2 aliphatic rings. The van der Waals surface area contributed by atoms with Gasteiger partial charge in [-0.05, 0) is 98.2 Å². The summed E-state index contributed by atoms with van der Waals surface area (Å²) in [5.41, 5.74) is 3.44. The highest BCUT2D eigenvalue weighted by molar-refractivity contribution is 7.57. The van der Waals surface area contributed by atoms with Gasteiger partial charge in [-0.2, -0.15) is 0 Å². The summed E-state index contributed by atoms with van der Waals surface area (Å²) < 4.78 is 23.3. The van der Waals surface area contributed by atoms with Gasteiger partial charge < -0.3 is 24.4 Å². The highest BCUT2D eigenvalue weighted by atomic mass is 31.2. The Morgan fingerprint density at radius 2 is 1.77 bits per heavy atom. The fraction of sp³-hybridized carbons (Fsp3) is 0.571. The van der Waals surface area contributed by atoms with Crippen LogP contribution >= 0.6 is 7.37 Å². The number of hydrogen-bond donors (Lipinski definition) is 2. The quantitative estimate of drug-likeness (QED) is 0.412. The Morgan fingerprint density at radius 1 is 1.03 bits per heavy atom. The second-order valence-electron chi connectivity index (χ2n) is 10.3. The van der Waals surface area contributed by atoms with E-state index in [0.29, 0.717) is 29.8 Å². The van der Waals surface area contributed by atoms with E-state index in [1.54, 1.807) is 19.2 Å². The molecular weight excluding hydrogens is 461 g/mol. The Hall–Kier alpha value is -2.01. The minimum Gasteiger partial charge on any atom is -0.497 e. The number of hydrogen-bond acceptors (Lipinski definition) is 5. The van der Waals surface area contributed by atoms with E-state index in [4.69, 9.17) is 9.47 Å². The predicted octanol–water partition coefficient (Wildman–Crippen LogP) is 5.97. The zero-order valence-electron chi connectivity index (χ0n) is 21.1. The number of aliphatic hydroxyl groups is 1. The smallest absolute Gasteiger partial charge is 0.200 e. The summed E-state index contributed by atoms with van der Waals surface area (Å²) in [6.45, 7) is 4.21. The number of methoxy groups -OCH3 is 1. The van der Waals surface area contributed by atoms with Crippen LogP contribution < -0.4 is 14.4 Å². The van der Waals surface area contributed by atoms with Gasteiger partial charge in [0.15, 0.2) is 0 Å². The van der Waals surface area contributed by atoms with Crippen molar-refractivity contribution in [3.05, 3.63) is 53.6 Å². The summed E-state index contributed by atoms with van der Waals surface area (Å²) in [6, 6.07) is 13.9. The van der Waals surface area contributed by atoms with Gasteiger partial charge in [-0.25, -0.2) is 0 Å². The van der Waals surface area contributed by atoms with Crippen LogP contribution in [0.3, 0.4) is 0 Å². The number of benzene rings is 2. The summed E-state index contributed by atoms with van der Waals surface area (Å²) in [7, 11) is -1.55. The molecule has 7 heteroatoms. The second kappa shape index (κ2) is 11.8. The zero-order chi connectivity index (χ0) is 24.8. The van der Waals surface area contributed by atoms with Gasteiger partial charge in [-0.3, -0.25) is 4.57 Å². The molecule has 1 unspecified atom stereocenters. The van der Waals surface area contributed by atoms with Crippen LogP contribution in [0.25, 0.3) is 0 Å². The first-order valence-corrected chi connectivity index (χ1v) is 15.2. The summed E-state index contributed by atoms with van der Waals surface area (Å²) >= 11 is 0. The van der Waals surface area contributed by atoms with E-state index in [1.165, 1.54) is 37.2 Å². The fourth-order valence-corrected chi connectivity index (χ4v) is 6.35. The Morgan fingerprint density at radius 3 is 2.46 bits per heavy atom. The molecule has 0 bridgehead atoms. The highest BCUT2D eigenvalue weighted by Crippen LogP contribution is 2.42. The maximum Gasteiger partial charge on any atom is 0.200 e. The van der Waals surface area contributed by atoms with E-state index in [2.05, 4.69) is 23.1 Å². The molecule has 0 spiro atoms. The molecule has 0 aromatic heterocycles. The summed E-state index contributed by atoms with van der Waals surface area (Å²) in [5.74, 6) is 2.68. The lowest BCUT2D eigenvalue weighted by atomic mass is 9.78. The molecule has 2 aromatic carbocycles. The number of aliphatic hydroxyl groups excluding tert-OH is 1. The topological polar surface area (TPSA) is 79.2 Å². The maximum atomic E-state index is 11.6.